The maximum atomic E-state index is 6.19. The summed E-state index contributed by atoms with van der Waals surface area (Å²) in [5.74, 6) is 0.746. The molecule has 0 bridgehead atoms. The highest BCUT2D eigenvalue weighted by Gasteiger charge is 2.25. The summed E-state index contributed by atoms with van der Waals surface area (Å²) in [6.45, 7) is 2.09. The van der Waals surface area contributed by atoms with Crippen molar-refractivity contribution in [2.24, 2.45) is 0 Å². The third-order valence-corrected chi connectivity index (χ3v) is 4.23. The number of morpholine rings is 1. The lowest BCUT2D eigenvalue weighted by atomic mass is 10.2. The molecule has 3 heterocycles. The Hall–Kier alpha value is -0.880. The minimum Gasteiger partial charge on any atom is -0.367 e. The Labute approximate surface area is 125 Å². The maximum Gasteiger partial charge on any atom is 0.147 e. The molecule has 0 N–H and O–H groups in total. The first-order valence-corrected chi connectivity index (χ1v) is 7.44. The minimum atomic E-state index is -0.0257. The summed E-state index contributed by atoms with van der Waals surface area (Å²) in [6.07, 6.45) is 3.37. The number of ether oxygens (including phenoxy) is 1. The van der Waals surface area contributed by atoms with Crippen LogP contribution in [-0.4, -0.2) is 29.7 Å². The van der Waals surface area contributed by atoms with Gasteiger partial charge in [0.25, 0.3) is 0 Å². The summed E-state index contributed by atoms with van der Waals surface area (Å²) < 4.78 is 5.75. The summed E-state index contributed by atoms with van der Waals surface area (Å²) in [4.78, 5) is 10.7. The fourth-order valence-corrected chi connectivity index (χ4v) is 3.20. The molecule has 19 heavy (non-hydrogen) atoms. The van der Waals surface area contributed by atoms with E-state index >= 15 is 0 Å². The van der Waals surface area contributed by atoms with Crippen molar-refractivity contribution in [1.82, 2.24) is 9.97 Å². The number of thiazole rings is 1. The van der Waals surface area contributed by atoms with Gasteiger partial charge in [0.1, 0.15) is 16.9 Å². The van der Waals surface area contributed by atoms with Crippen LogP contribution in [0, 0.1) is 0 Å². The van der Waals surface area contributed by atoms with E-state index in [1.807, 2.05) is 5.38 Å². The molecule has 0 spiro atoms. The van der Waals surface area contributed by atoms with Crippen molar-refractivity contribution >= 4 is 40.4 Å². The summed E-state index contributed by atoms with van der Waals surface area (Å²) in [7, 11) is 0. The molecule has 0 amide bonds. The normalized spacial score (nSPS) is 19.7. The van der Waals surface area contributed by atoms with Crippen LogP contribution in [0.1, 0.15) is 11.1 Å². The Morgan fingerprint density at radius 1 is 1.37 bits per heavy atom. The number of anilines is 1. The molecule has 2 aromatic heterocycles. The van der Waals surface area contributed by atoms with E-state index in [1.54, 1.807) is 29.8 Å². The van der Waals surface area contributed by atoms with Crippen molar-refractivity contribution in [3.8, 4) is 0 Å². The smallest absolute Gasteiger partial charge is 0.147 e. The number of hydrogen-bond donors (Lipinski definition) is 0. The summed E-state index contributed by atoms with van der Waals surface area (Å²) in [6, 6.07) is 1.71. The first-order chi connectivity index (χ1) is 9.24. The Kier molecular flexibility index (Phi) is 3.88. The van der Waals surface area contributed by atoms with Crippen molar-refractivity contribution in [2.75, 3.05) is 24.6 Å². The van der Waals surface area contributed by atoms with E-state index in [-0.39, 0.29) is 6.10 Å². The van der Waals surface area contributed by atoms with Crippen LogP contribution in [-0.2, 0) is 4.74 Å². The van der Waals surface area contributed by atoms with Gasteiger partial charge in [-0.05, 0) is 6.07 Å². The molecule has 0 unspecified atom stereocenters. The second-order valence-corrected chi connectivity index (χ2v) is 5.90. The fourth-order valence-electron chi connectivity index (χ4n) is 2.02. The van der Waals surface area contributed by atoms with Crippen LogP contribution in [0.3, 0.4) is 0 Å². The van der Waals surface area contributed by atoms with Crippen LogP contribution >= 0.6 is 34.5 Å². The fraction of sp³-hybridized carbons (Fsp3) is 0.333. The lowest BCUT2D eigenvalue weighted by molar-refractivity contribution is 0.0394. The molecule has 100 valence electrons. The van der Waals surface area contributed by atoms with Gasteiger partial charge in [-0.1, -0.05) is 23.2 Å². The van der Waals surface area contributed by atoms with E-state index in [0.29, 0.717) is 23.2 Å². The highest BCUT2D eigenvalue weighted by atomic mass is 35.5. The van der Waals surface area contributed by atoms with E-state index in [2.05, 4.69) is 14.9 Å². The van der Waals surface area contributed by atoms with Crippen molar-refractivity contribution in [3.63, 3.8) is 0 Å². The van der Waals surface area contributed by atoms with Crippen LogP contribution in [0.15, 0.2) is 23.8 Å². The lowest BCUT2D eigenvalue weighted by Gasteiger charge is -2.33. The quantitative estimate of drug-likeness (QED) is 0.851. The molecule has 3 rings (SSSR count). The molecular formula is C12H11Cl2N3OS. The average molecular weight is 316 g/mol. The average Bonchev–Trinajstić information content (AvgIpc) is 2.93. The molecule has 1 aliphatic heterocycles. The third-order valence-electron chi connectivity index (χ3n) is 2.88. The van der Waals surface area contributed by atoms with Crippen LogP contribution in [0.2, 0.25) is 10.0 Å². The van der Waals surface area contributed by atoms with Crippen LogP contribution < -0.4 is 4.90 Å². The summed E-state index contributed by atoms with van der Waals surface area (Å²) in [5.41, 5.74) is 0. The van der Waals surface area contributed by atoms with E-state index in [9.17, 15) is 0 Å². The van der Waals surface area contributed by atoms with Gasteiger partial charge in [-0.15, -0.1) is 11.3 Å². The van der Waals surface area contributed by atoms with Gasteiger partial charge in [-0.25, -0.2) is 9.97 Å². The van der Waals surface area contributed by atoms with Crippen LogP contribution in [0.5, 0.6) is 0 Å². The number of aromatic nitrogens is 2. The highest BCUT2D eigenvalue weighted by molar-refractivity contribution is 7.09. The summed E-state index contributed by atoms with van der Waals surface area (Å²) in [5, 5.41) is 4.03. The second-order valence-electron chi connectivity index (χ2n) is 4.13. The molecular weight excluding hydrogens is 305 g/mol. The molecule has 0 radical (unpaired) electrons. The van der Waals surface area contributed by atoms with Crippen LogP contribution in [0.25, 0.3) is 0 Å². The van der Waals surface area contributed by atoms with Gasteiger partial charge in [0.15, 0.2) is 0 Å². The van der Waals surface area contributed by atoms with Gasteiger partial charge in [0.05, 0.1) is 23.2 Å². The third kappa shape index (κ3) is 2.84. The Morgan fingerprint density at radius 2 is 2.26 bits per heavy atom. The van der Waals surface area contributed by atoms with Gasteiger partial charge < -0.3 is 9.64 Å². The zero-order valence-electron chi connectivity index (χ0n) is 9.92. The molecule has 1 fully saturated rings. The Balaban J connectivity index is 1.81. The van der Waals surface area contributed by atoms with Crippen molar-refractivity contribution in [3.05, 3.63) is 38.9 Å². The molecule has 2 aromatic rings. The molecule has 0 aliphatic carbocycles. The Morgan fingerprint density at radius 3 is 3.00 bits per heavy atom. The van der Waals surface area contributed by atoms with E-state index in [4.69, 9.17) is 27.9 Å². The van der Waals surface area contributed by atoms with Gasteiger partial charge >= 0.3 is 0 Å². The number of nitrogens with zero attached hydrogens (tertiary/aromatic N) is 3. The number of halogens is 2. The van der Waals surface area contributed by atoms with Crippen molar-refractivity contribution in [1.29, 1.82) is 0 Å². The van der Waals surface area contributed by atoms with Crippen molar-refractivity contribution < 1.29 is 4.74 Å². The maximum absolute atomic E-state index is 6.19. The number of rotatable bonds is 2. The second kappa shape index (κ2) is 5.63. The highest BCUT2D eigenvalue weighted by Crippen LogP contribution is 2.31. The van der Waals surface area contributed by atoms with E-state index in [0.717, 1.165) is 17.4 Å². The largest absolute Gasteiger partial charge is 0.367 e. The van der Waals surface area contributed by atoms with Crippen molar-refractivity contribution in [2.45, 2.75) is 6.10 Å². The first-order valence-electron chi connectivity index (χ1n) is 5.81. The van der Waals surface area contributed by atoms with E-state index < -0.39 is 0 Å². The number of pyridine rings is 1. The molecule has 1 atom stereocenters. The molecule has 1 aliphatic rings. The molecule has 1 saturated heterocycles. The van der Waals surface area contributed by atoms with Crippen LogP contribution in [0.4, 0.5) is 5.82 Å². The molecule has 0 aromatic carbocycles. The zero-order valence-corrected chi connectivity index (χ0v) is 12.3. The predicted molar refractivity (Wildman–Crippen MR) is 77.3 cm³/mol. The SMILES string of the molecule is Clc1cnc(N2CCO[C@@H](c3nccs3)C2)c(Cl)c1. The van der Waals surface area contributed by atoms with Gasteiger partial charge in [0, 0.05) is 24.3 Å². The first kappa shape index (κ1) is 13.1. The molecule has 4 nitrogen and oxygen atoms in total. The molecule has 0 saturated carbocycles. The zero-order chi connectivity index (χ0) is 13.2. The number of hydrogen-bond acceptors (Lipinski definition) is 5. The minimum absolute atomic E-state index is 0.0257. The topological polar surface area (TPSA) is 38.2 Å². The van der Waals surface area contributed by atoms with Gasteiger partial charge in [-0.3, -0.25) is 0 Å². The monoisotopic (exact) mass is 315 g/mol. The van der Waals surface area contributed by atoms with Gasteiger partial charge in [-0.2, -0.15) is 0 Å². The van der Waals surface area contributed by atoms with E-state index in [1.165, 1.54) is 0 Å². The summed E-state index contributed by atoms with van der Waals surface area (Å²) >= 11 is 13.7. The predicted octanol–water partition coefficient (Wildman–Crippen LogP) is 3.42. The van der Waals surface area contributed by atoms with Gasteiger partial charge in [0.2, 0.25) is 0 Å². The standard InChI is InChI=1S/C12H11Cl2N3OS/c13-8-5-9(14)11(16-6-8)17-2-3-18-10(7-17)12-15-1-4-19-12/h1,4-6,10H,2-3,7H2/t10-/m1/s1. The lowest BCUT2D eigenvalue weighted by Crippen LogP contribution is -2.39. The Bertz CT molecular complexity index is 564. The molecule has 7 heteroatoms.